The van der Waals surface area contributed by atoms with E-state index in [-0.39, 0.29) is 25.7 Å². The van der Waals surface area contributed by atoms with E-state index in [1.807, 2.05) is 72.8 Å². The predicted octanol–water partition coefficient (Wildman–Crippen LogP) is 8.89. The Kier molecular flexibility index (Phi) is 6.79. The summed E-state index contributed by atoms with van der Waals surface area (Å²) in [5, 5.41) is 1.68. The van der Waals surface area contributed by atoms with Gasteiger partial charge < -0.3 is 14.4 Å². The van der Waals surface area contributed by atoms with Crippen molar-refractivity contribution < 1.29 is 31.4 Å². The van der Waals surface area contributed by atoms with E-state index in [9.17, 15) is 0 Å². The molecule has 0 aliphatic heterocycles. The van der Waals surface area contributed by atoms with E-state index in [1.54, 1.807) is 42.6 Å². The van der Waals surface area contributed by atoms with Gasteiger partial charge in [0.15, 0.2) is 0 Å². The first-order valence-electron chi connectivity index (χ1n) is 15.0. The summed E-state index contributed by atoms with van der Waals surface area (Å²) in [4.78, 5) is 8.53. The molecule has 0 atom stereocenters. The van der Waals surface area contributed by atoms with E-state index in [2.05, 4.69) is 22.1 Å². The third-order valence-electron chi connectivity index (χ3n) is 6.15. The van der Waals surface area contributed by atoms with E-state index in [0.717, 1.165) is 22.0 Å². The Morgan fingerprint density at radius 3 is 2.35 bits per heavy atom. The van der Waals surface area contributed by atoms with Crippen molar-refractivity contribution in [2.24, 2.45) is 0 Å². The predicted molar refractivity (Wildman–Crippen MR) is 158 cm³/mol. The zero-order valence-electron chi connectivity index (χ0n) is 26.3. The van der Waals surface area contributed by atoms with Crippen LogP contribution in [0.5, 0.6) is 0 Å². The third kappa shape index (κ3) is 6.26. The fraction of sp³-hybridized carbons (Fsp3) is 0.0556. The van der Waals surface area contributed by atoms with E-state index in [4.69, 9.17) is 11.3 Å². The summed E-state index contributed by atoms with van der Waals surface area (Å²) in [5.41, 5.74) is 5.69. The molecule has 0 aliphatic carbocycles. The molecule has 7 rings (SSSR count). The van der Waals surface area contributed by atoms with Crippen LogP contribution in [0.3, 0.4) is 0 Å². The largest absolute Gasteiger partial charge is 0.500 e. The van der Waals surface area contributed by atoms with E-state index < -0.39 is 13.2 Å². The molecule has 0 unspecified atom stereocenters. The van der Waals surface area contributed by atoms with Gasteiger partial charge in [-0.25, -0.2) is 0 Å². The van der Waals surface area contributed by atoms with Crippen LogP contribution in [0.15, 0.2) is 132 Å². The number of fused-ring (bicyclic) bond motifs is 3. The first-order valence-corrected chi connectivity index (χ1v) is 12.5. The zero-order chi connectivity index (χ0) is 30.7. The zero-order valence-corrected chi connectivity index (χ0v) is 23.7. The van der Waals surface area contributed by atoms with Crippen molar-refractivity contribution in [3.8, 4) is 22.5 Å². The van der Waals surface area contributed by atoms with Gasteiger partial charge in [0, 0.05) is 44.7 Å². The first-order chi connectivity index (χ1) is 21.2. The molecule has 3 heterocycles. The number of aryl methyl sites for hydroxylation is 1. The van der Waals surface area contributed by atoms with Crippen LogP contribution < -0.4 is 0 Å². The van der Waals surface area contributed by atoms with Gasteiger partial charge in [-0.05, 0) is 53.9 Å². The summed E-state index contributed by atoms with van der Waals surface area (Å²) in [6, 6.07) is 41.0. The molecule has 3 aromatic heterocycles. The minimum atomic E-state index is -2.21. The monoisotopic (exact) mass is 700 g/mol. The second-order valence-corrected chi connectivity index (χ2v) is 8.85. The molecular formula is C36H26IrN2O-2. The molecule has 0 saturated heterocycles. The van der Waals surface area contributed by atoms with Crippen molar-refractivity contribution in [1.29, 1.82) is 0 Å². The molecule has 0 fully saturated rings. The SMILES string of the molecule is [2H]C([2H])([2H])c1ccnc(-c2[c-]cc3oc4cc(C([2H])([2H])c5ccccc5)ccc4c3c2)c1.[Ir].[c-]1ccccc1-c1ccccn1. The van der Waals surface area contributed by atoms with Crippen molar-refractivity contribution in [3.05, 3.63) is 156 Å². The summed E-state index contributed by atoms with van der Waals surface area (Å²) < 4.78 is 46.1. The molecule has 0 spiro atoms. The average Bonchev–Trinajstić information content (AvgIpc) is 3.43. The molecule has 0 N–H and O–H groups in total. The topological polar surface area (TPSA) is 38.9 Å². The molecule has 1 radical (unpaired) electrons. The molecule has 0 amide bonds. The van der Waals surface area contributed by atoms with Gasteiger partial charge in [0.05, 0.1) is 5.58 Å². The van der Waals surface area contributed by atoms with Crippen LogP contribution in [0, 0.1) is 19.0 Å². The van der Waals surface area contributed by atoms with Gasteiger partial charge in [-0.1, -0.05) is 71.6 Å². The van der Waals surface area contributed by atoms with Crippen molar-refractivity contribution in [2.75, 3.05) is 0 Å². The second-order valence-electron chi connectivity index (χ2n) is 8.85. The van der Waals surface area contributed by atoms with Crippen LogP contribution in [0.25, 0.3) is 44.5 Å². The van der Waals surface area contributed by atoms with E-state index in [0.29, 0.717) is 33.6 Å². The van der Waals surface area contributed by atoms with Crippen molar-refractivity contribution >= 4 is 21.9 Å². The van der Waals surface area contributed by atoms with Crippen LogP contribution in [-0.4, -0.2) is 9.97 Å². The average molecular weight is 700 g/mol. The number of pyridine rings is 2. The summed E-state index contributed by atoms with van der Waals surface area (Å²) in [6.45, 7) is -2.21. The molecule has 0 bridgehead atoms. The minimum Gasteiger partial charge on any atom is -0.500 e. The van der Waals surface area contributed by atoms with Crippen LogP contribution in [0.1, 0.15) is 23.5 Å². The van der Waals surface area contributed by atoms with Gasteiger partial charge in [-0.3, -0.25) is 0 Å². The van der Waals surface area contributed by atoms with Gasteiger partial charge >= 0.3 is 0 Å². The number of hydrogen-bond donors (Lipinski definition) is 0. The van der Waals surface area contributed by atoms with Crippen molar-refractivity contribution in [2.45, 2.75) is 13.2 Å². The fourth-order valence-corrected chi connectivity index (χ4v) is 4.29. The standard InChI is InChI=1S/C25H18NO.C11H8N.Ir/c1-17-11-12-26-23(13-17)20-8-10-24-22(16-20)21-9-7-19(15-25(21)27-24)14-18-5-3-2-4-6-18;1-2-6-10(7-3-1)11-8-4-5-9-12-11;/h2-7,9-13,15-16H,14H2,1H3;1-6,8-9H;/q2*-1;/i1D3,14D2;;. The molecule has 7 aromatic rings. The normalized spacial score (nSPS) is 13.1. The Hall–Kier alpha value is -4.37. The molecule has 3 nitrogen and oxygen atoms in total. The number of rotatable bonds is 4. The van der Waals surface area contributed by atoms with Gasteiger partial charge in [0.2, 0.25) is 0 Å². The molecule has 0 aliphatic rings. The minimum absolute atomic E-state index is 0. The number of nitrogens with zero attached hydrogens (tertiary/aromatic N) is 2. The quantitative estimate of drug-likeness (QED) is 0.172. The third-order valence-corrected chi connectivity index (χ3v) is 6.15. The van der Waals surface area contributed by atoms with E-state index in [1.165, 1.54) is 12.3 Å². The number of furan rings is 1. The van der Waals surface area contributed by atoms with Crippen LogP contribution >= 0.6 is 0 Å². The van der Waals surface area contributed by atoms with Gasteiger partial charge in [-0.15, -0.1) is 59.7 Å². The smallest absolute Gasteiger partial charge is 0.121 e. The van der Waals surface area contributed by atoms with Crippen molar-refractivity contribution in [1.82, 2.24) is 9.97 Å². The Morgan fingerprint density at radius 2 is 1.55 bits per heavy atom. The summed E-state index contributed by atoms with van der Waals surface area (Å²) in [7, 11) is 0. The Labute approximate surface area is 254 Å². The fourth-order valence-electron chi connectivity index (χ4n) is 4.29. The number of aromatic nitrogens is 2. The number of benzene rings is 4. The Bertz CT molecular complexity index is 1990. The molecule has 4 aromatic carbocycles. The van der Waals surface area contributed by atoms with Crippen molar-refractivity contribution in [3.63, 3.8) is 0 Å². The molecular weight excluding hydrogens is 669 g/mol. The molecule has 0 saturated carbocycles. The van der Waals surface area contributed by atoms with Crippen LogP contribution in [0.2, 0.25) is 0 Å². The van der Waals surface area contributed by atoms with Gasteiger partial charge in [-0.2, -0.15) is 0 Å². The summed E-state index contributed by atoms with van der Waals surface area (Å²) >= 11 is 0. The van der Waals surface area contributed by atoms with E-state index >= 15 is 0 Å². The maximum Gasteiger partial charge on any atom is 0.121 e. The summed E-state index contributed by atoms with van der Waals surface area (Å²) in [6.07, 6.45) is 1.61. The molecule has 197 valence electrons. The van der Waals surface area contributed by atoms with Crippen LogP contribution in [0.4, 0.5) is 0 Å². The van der Waals surface area contributed by atoms with Crippen LogP contribution in [-0.2, 0) is 26.5 Å². The van der Waals surface area contributed by atoms with Gasteiger partial charge in [0.1, 0.15) is 5.58 Å². The Morgan fingerprint density at radius 1 is 0.700 bits per heavy atom. The molecule has 40 heavy (non-hydrogen) atoms. The molecule has 4 heteroatoms. The summed E-state index contributed by atoms with van der Waals surface area (Å²) in [5.74, 6) is 0. The maximum absolute atomic E-state index is 8.60. The maximum atomic E-state index is 8.60. The second kappa shape index (κ2) is 12.7. The Balaban J connectivity index is 0.000000258. The first kappa shape index (κ1) is 21.5. The van der Waals surface area contributed by atoms with Gasteiger partial charge in [0.25, 0.3) is 0 Å². The number of hydrogen-bond acceptors (Lipinski definition) is 3.